The highest BCUT2D eigenvalue weighted by molar-refractivity contribution is 6.32. The highest BCUT2D eigenvalue weighted by Gasteiger charge is 2.37. The van der Waals surface area contributed by atoms with Gasteiger partial charge >= 0.3 is 12.0 Å². The van der Waals surface area contributed by atoms with Gasteiger partial charge in [0.15, 0.2) is 0 Å². The molecule has 0 bridgehead atoms. The molecule has 7 amide bonds. The summed E-state index contributed by atoms with van der Waals surface area (Å²) in [5.74, 6) is -5.55. The van der Waals surface area contributed by atoms with Gasteiger partial charge in [0.05, 0.1) is 5.02 Å². The molecule has 1 saturated heterocycles. The zero-order valence-electron chi connectivity index (χ0n) is 37.0. The van der Waals surface area contributed by atoms with Crippen LogP contribution in [-0.2, 0) is 41.6 Å². The number of carbonyl (C=O) groups excluding carboxylic acids is 6. The number of urea groups is 1. The Labute approximate surface area is 373 Å². The van der Waals surface area contributed by atoms with Crippen LogP contribution >= 0.6 is 11.6 Å². The maximum absolute atomic E-state index is 14.7. The van der Waals surface area contributed by atoms with E-state index >= 15 is 0 Å². The van der Waals surface area contributed by atoms with Gasteiger partial charge in [0.25, 0.3) is 0 Å². The number of benzene rings is 2. The lowest BCUT2D eigenvalue weighted by atomic mass is 9.97. The second kappa shape index (κ2) is 23.0. The van der Waals surface area contributed by atoms with Crippen LogP contribution in [0, 0.1) is 17.8 Å². The topological polar surface area (TPSA) is 251 Å². The fraction of sp³-hybridized carbons (Fsp3) is 0.533. The molecule has 1 unspecified atom stereocenters. The summed E-state index contributed by atoms with van der Waals surface area (Å²) in [6, 6.07) is 4.14. The maximum Gasteiger partial charge on any atom is 0.326 e. The molecule has 17 nitrogen and oxygen atoms in total. The van der Waals surface area contributed by atoms with E-state index in [1.807, 2.05) is 44.2 Å². The van der Waals surface area contributed by atoms with Gasteiger partial charge < -0.3 is 52.0 Å². The Hall–Kier alpha value is -5.84. The lowest BCUT2D eigenvalue weighted by molar-refractivity contribution is -0.143. The van der Waals surface area contributed by atoms with Crippen LogP contribution in [0.1, 0.15) is 84.8 Å². The summed E-state index contributed by atoms with van der Waals surface area (Å²) in [5, 5.41) is 37.4. The standard InChI is InChI=1S/C45H63ClN8O9/c1-8-26(6)38(44(61)62)53-45(63)51-31-16-12-13-17-47-39(56)33(19-27-14-10-9-11-15-27)49-41(58)35(20-28-23-48-32-22-30(46)36(55)21-29(28)32)54(7)43(60)34(18-24(2)3)50-42(59)37(25(4)5)52-40(31)57/h9-11,14-15,21-26,31,33-35,37-38,48,55H,8,12-13,16-20H2,1-7H3,(H,47,56)(H,49,58)(H,50,59)(H,52,57)(H,61,62)(H2,51,53,63)/t26?,31-,33+,34+,35+,37+,38+/m1/s1. The number of amides is 7. The molecular formula is C45H63ClN8O9. The number of halogens is 1. The van der Waals surface area contributed by atoms with Gasteiger partial charge in [-0.1, -0.05) is 89.9 Å². The number of phenols is 1. The molecule has 63 heavy (non-hydrogen) atoms. The molecule has 0 radical (unpaired) electrons. The van der Waals surface area contributed by atoms with Gasteiger partial charge in [-0.25, -0.2) is 9.59 Å². The molecule has 2 heterocycles. The van der Waals surface area contributed by atoms with Crippen molar-refractivity contribution < 1.29 is 43.8 Å². The lowest BCUT2D eigenvalue weighted by Gasteiger charge is -2.33. The fourth-order valence-electron chi connectivity index (χ4n) is 7.54. The second-order valence-electron chi connectivity index (χ2n) is 17.2. The summed E-state index contributed by atoms with van der Waals surface area (Å²) in [4.78, 5) is 101. The minimum Gasteiger partial charge on any atom is -0.506 e. The number of fused-ring (bicyclic) bond motifs is 1. The minimum absolute atomic E-state index is 0.0611. The van der Waals surface area contributed by atoms with Crippen molar-refractivity contribution in [3.63, 3.8) is 0 Å². The van der Waals surface area contributed by atoms with Crippen LogP contribution in [0.5, 0.6) is 5.75 Å². The van der Waals surface area contributed by atoms with E-state index in [0.29, 0.717) is 35.7 Å². The quantitative estimate of drug-likeness (QED) is 0.128. The predicted molar refractivity (Wildman–Crippen MR) is 239 cm³/mol. The summed E-state index contributed by atoms with van der Waals surface area (Å²) >= 11 is 6.18. The third-order valence-electron chi connectivity index (χ3n) is 11.5. The number of H-pyrrole nitrogens is 1. The highest BCUT2D eigenvalue weighted by Crippen LogP contribution is 2.31. The summed E-state index contributed by atoms with van der Waals surface area (Å²) in [6.07, 6.45) is 3.04. The van der Waals surface area contributed by atoms with Crippen molar-refractivity contribution in [3.05, 3.63) is 64.8 Å². The zero-order valence-corrected chi connectivity index (χ0v) is 37.8. The first-order valence-corrected chi connectivity index (χ1v) is 22.0. The first-order valence-electron chi connectivity index (χ1n) is 21.6. The number of carbonyl (C=O) groups is 7. The Balaban J connectivity index is 1.75. The molecule has 7 atom stereocenters. The first kappa shape index (κ1) is 49.8. The van der Waals surface area contributed by atoms with E-state index in [2.05, 4.69) is 36.9 Å². The van der Waals surface area contributed by atoms with Gasteiger partial charge in [0.1, 0.15) is 42.0 Å². The third-order valence-corrected chi connectivity index (χ3v) is 11.8. The number of carboxylic acid groups (broad SMARTS) is 1. The highest BCUT2D eigenvalue weighted by atomic mass is 35.5. The Bertz CT molecular complexity index is 2090. The van der Waals surface area contributed by atoms with E-state index < -0.39 is 89.6 Å². The van der Waals surface area contributed by atoms with Crippen molar-refractivity contribution in [1.82, 2.24) is 41.8 Å². The molecule has 344 valence electrons. The molecule has 1 aliphatic rings. The van der Waals surface area contributed by atoms with Gasteiger partial charge in [-0.3, -0.25) is 24.0 Å². The number of aromatic hydroxyl groups is 1. The lowest BCUT2D eigenvalue weighted by Crippen LogP contribution is -2.61. The first-order chi connectivity index (χ1) is 29.8. The number of likely N-dealkylation sites (N-methyl/N-ethyl adjacent to an activating group) is 1. The average Bonchev–Trinajstić information content (AvgIpc) is 3.61. The molecule has 0 spiro atoms. The van der Waals surface area contributed by atoms with Crippen molar-refractivity contribution in [3.8, 4) is 5.75 Å². The number of rotatable bonds is 12. The minimum atomic E-state index is -1.23. The molecule has 1 aromatic heterocycles. The molecule has 1 aliphatic heterocycles. The third kappa shape index (κ3) is 13.8. The van der Waals surface area contributed by atoms with E-state index in [-0.39, 0.29) is 48.9 Å². The van der Waals surface area contributed by atoms with Crippen molar-refractivity contribution >= 4 is 64.0 Å². The molecule has 3 aromatic rings. The number of nitrogens with one attached hydrogen (secondary N) is 7. The van der Waals surface area contributed by atoms with Crippen LogP contribution in [-0.4, -0.2) is 111 Å². The number of aromatic amines is 1. The van der Waals surface area contributed by atoms with Crippen LogP contribution in [0.25, 0.3) is 10.9 Å². The number of carboxylic acids is 1. The average molecular weight is 895 g/mol. The van der Waals surface area contributed by atoms with Crippen molar-refractivity contribution in [2.45, 2.75) is 123 Å². The fourth-order valence-corrected chi connectivity index (χ4v) is 7.71. The molecule has 1 fully saturated rings. The normalized spacial score (nSPS) is 22.2. The second-order valence-corrected chi connectivity index (χ2v) is 17.6. The van der Waals surface area contributed by atoms with Crippen molar-refractivity contribution in [1.29, 1.82) is 0 Å². The molecule has 0 aliphatic carbocycles. The van der Waals surface area contributed by atoms with Crippen LogP contribution in [0.4, 0.5) is 4.79 Å². The van der Waals surface area contributed by atoms with Crippen LogP contribution in [0.15, 0.2) is 48.7 Å². The number of nitrogens with zero attached hydrogens (tertiary/aromatic N) is 1. The summed E-state index contributed by atoms with van der Waals surface area (Å²) in [7, 11) is 1.45. The van der Waals surface area contributed by atoms with Gasteiger partial charge in [0.2, 0.25) is 29.5 Å². The van der Waals surface area contributed by atoms with E-state index in [1.165, 1.54) is 18.0 Å². The Morgan fingerprint density at radius 3 is 2.21 bits per heavy atom. The van der Waals surface area contributed by atoms with E-state index in [0.717, 1.165) is 5.56 Å². The van der Waals surface area contributed by atoms with Gasteiger partial charge in [-0.05, 0) is 66.7 Å². The van der Waals surface area contributed by atoms with Crippen LogP contribution < -0.4 is 31.9 Å². The van der Waals surface area contributed by atoms with Crippen LogP contribution in [0.2, 0.25) is 5.02 Å². The largest absolute Gasteiger partial charge is 0.506 e. The van der Waals surface area contributed by atoms with Gasteiger partial charge in [-0.2, -0.15) is 0 Å². The smallest absolute Gasteiger partial charge is 0.326 e. The molecule has 9 N–H and O–H groups in total. The van der Waals surface area contributed by atoms with E-state index in [4.69, 9.17) is 11.6 Å². The summed E-state index contributed by atoms with van der Waals surface area (Å²) in [6.45, 7) is 10.8. The summed E-state index contributed by atoms with van der Waals surface area (Å²) in [5.41, 5.74) is 1.92. The molecule has 4 rings (SSSR count). The number of hydrogen-bond donors (Lipinski definition) is 9. The molecular weight excluding hydrogens is 832 g/mol. The van der Waals surface area contributed by atoms with Gasteiger partial charge in [-0.15, -0.1) is 0 Å². The Kier molecular flexibility index (Phi) is 18.2. The number of aliphatic carboxylic acids is 1. The Morgan fingerprint density at radius 2 is 1.57 bits per heavy atom. The molecule has 18 heteroatoms. The summed E-state index contributed by atoms with van der Waals surface area (Å²) < 4.78 is 0. The number of hydrogen-bond acceptors (Lipinski definition) is 8. The number of aromatic nitrogens is 1. The predicted octanol–water partition coefficient (Wildman–Crippen LogP) is 3.76. The van der Waals surface area contributed by atoms with E-state index in [1.54, 1.807) is 40.0 Å². The maximum atomic E-state index is 14.7. The monoisotopic (exact) mass is 894 g/mol. The van der Waals surface area contributed by atoms with Gasteiger partial charge in [0, 0.05) is 43.5 Å². The Morgan fingerprint density at radius 1 is 0.889 bits per heavy atom. The van der Waals surface area contributed by atoms with Crippen molar-refractivity contribution in [2.24, 2.45) is 17.8 Å². The SMILES string of the molecule is CCC(C)[C@H](NC(=O)N[C@@H]1CCCCNC(=O)[C@H](Cc2ccccc2)NC(=O)[C@H](Cc2c[nH]c3cc(Cl)c(O)cc23)N(C)C(=O)[C@H](CC(C)C)NC(=O)[C@H](C(C)C)NC1=O)C(=O)O. The molecule has 2 aromatic carbocycles. The zero-order chi connectivity index (χ0) is 46.5. The molecule has 0 saturated carbocycles. The number of phenolic OH excluding ortho intramolecular Hbond substituents is 1. The van der Waals surface area contributed by atoms with Crippen LogP contribution in [0.3, 0.4) is 0 Å². The van der Waals surface area contributed by atoms with E-state index in [9.17, 15) is 43.8 Å². The van der Waals surface area contributed by atoms with Crippen molar-refractivity contribution in [2.75, 3.05) is 13.6 Å².